The number of carbonyl (C=O) groups is 1. The van der Waals surface area contributed by atoms with E-state index >= 15 is 0 Å². The van der Waals surface area contributed by atoms with Crippen LogP contribution in [0.25, 0.3) is 11.1 Å². The zero-order chi connectivity index (χ0) is 16.8. The molecule has 1 saturated heterocycles. The third-order valence-electron chi connectivity index (χ3n) is 4.12. The van der Waals surface area contributed by atoms with Crippen molar-refractivity contribution < 1.29 is 9.53 Å². The van der Waals surface area contributed by atoms with Crippen molar-refractivity contribution in [3.8, 4) is 11.1 Å². The van der Waals surface area contributed by atoms with Gasteiger partial charge in [-0.15, -0.1) is 0 Å². The number of amides is 1. The smallest absolute Gasteiger partial charge is 0.252 e. The number of ether oxygens (including phenoxy) is 1. The maximum atomic E-state index is 12.4. The Morgan fingerprint density at radius 1 is 1.17 bits per heavy atom. The van der Waals surface area contributed by atoms with Crippen LogP contribution in [0.3, 0.4) is 0 Å². The van der Waals surface area contributed by atoms with Crippen molar-refractivity contribution in [3.63, 3.8) is 0 Å². The van der Waals surface area contributed by atoms with Crippen molar-refractivity contribution in [2.75, 3.05) is 32.8 Å². The van der Waals surface area contributed by atoms with Gasteiger partial charge in [0.1, 0.15) is 6.33 Å². The van der Waals surface area contributed by atoms with E-state index in [0.29, 0.717) is 12.1 Å². The topological polar surface area (TPSA) is 80.2 Å². The number of hydrogen-bond acceptors (Lipinski definition) is 6. The van der Waals surface area contributed by atoms with E-state index in [0.717, 1.165) is 37.4 Å². The number of nitrogens with one attached hydrogen (secondary N) is 1. The van der Waals surface area contributed by atoms with E-state index in [-0.39, 0.29) is 11.9 Å². The maximum absolute atomic E-state index is 12.4. The minimum atomic E-state index is -0.124. The molecule has 1 N–H and O–H groups in total. The predicted octanol–water partition coefficient (Wildman–Crippen LogP) is 0.989. The van der Waals surface area contributed by atoms with Gasteiger partial charge in [0.2, 0.25) is 0 Å². The van der Waals surface area contributed by atoms with Crippen LogP contribution in [-0.4, -0.2) is 64.6 Å². The van der Waals surface area contributed by atoms with Gasteiger partial charge in [0.15, 0.2) is 0 Å². The van der Waals surface area contributed by atoms with Gasteiger partial charge in [0, 0.05) is 61.6 Å². The summed E-state index contributed by atoms with van der Waals surface area (Å²) in [5.41, 5.74) is 2.19. The Balaban J connectivity index is 1.61. The van der Waals surface area contributed by atoms with Crippen LogP contribution in [0.4, 0.5) is 0 Å². The molecule has 7 nitrogen and oxygen atoms in total. The Hall–Kier alpha value is -2.38. The fraction of sp³-hybridized carbons (Fsp3) is 0.412. The van der Waals surface area contributed by atoms with Gasteiger partial charge in [-0.25, -0.2) is 9.97 Å². The van der Waals surface area contributed by atoms with E-state index in [1.807, 2.05) is 0 Å². The van der Waals surface area contributed by atoms with Crippen LogP contribution >= 0.6 is 0 Å². The second-order valence-electron chi connectivity index (χ2n) is 5.80. The lowest BCUT2D eigenvalue weighted by Crippen LogP contribution is -2.47. The summed E-state index contributed by atoms with van der Waals surface area (Å²) in [6.07, 6.45) is 8.15. The third kappa shape index (κ3) is 4.12. The van der Waals surface area contributed by atoms with Crippen LogP contribution in [0.5, 0.6) is 0 Å². The Morgan fingerprint density at radius 2 is 1.88 bits per heavy atom. The molecule has 3 rings (SSSR count). The highest BCUT2D eigenvalue weighted by atomic mass is 16.5. The van der Waals surface area contributed by atoms with Crippen LogP contribution in [0.1, 0.15) is 17.3 Å². The number of morpholine rings is 1. The minimum Gasteiger partial charge on any atom is -0.379 e. The molecule has 2 aromatic heterocycles. The van der Waals surface area contributed by atoms with E-state index in [1.54, 1.807) is 30.9 Å². The van der Waals surface area contributed by atoms with Gasteiger partial charge in [0.25, 0.3) is 5.91 Å². The van der Waals surface area contributed by atoms with Crippen LogP contribution in [-0.2, 0) is 4.74 Å². The molecule has 0 saturated carbocycles. The number of pyridine rings is 1. The lowest BCUT2D eigenvalue weighted by atomic mass is 10.1. The first-order valence-corrected chi connectivity index (χ1v) is 8.04. The molecule has 1 aliphatic rings. The summed E-state index contributed by atoms with van der Waals surface area (Å²) in [4.78, 5) is 26.8. The Kier molecular flexibility index (Phi) is 5.45. The molecular weight excluding hydrogens is 306 g/mol. The first-order valence-electron chi connectivity index (χ1n) is 8.04. The highest BCUT2D eigenvalue weighted by Gasteiger charge is 2.18. The normalized spacial score (nSPS) is 16.5. The lowest BCUT2D eigenvalue weighted by Gasteiger charge is -2.32. The molecule has 3 heterocycles. The van der Waals surface area contributed by atoms with E-state index in [1.165, 1.54) is 6.33 Å². The van der Waals surface area contributed by atoms with Gasteiger partial charge in [-0.2, -0.15) is 0 Å². The standard InChI is InChI=1S/C17H21N5O2/c1-13(22-2-4-24-5-3-22)7-21-17(23)15-6-14(8-18-9-15)16-10-19-12-20-11-16/h6,8-13H,2-5,7H2,1H3,(H,21,23)/t13-/m0/s1. The first kappa shape index (κ1) is 16.5. The number of aromatic nitrogens is 3. The lowest BCUT2D eigenvalue weighted by molar-refractivity contribution is 0.0204. The predicted molar refractivity (Wildman–Crippen MR) is 89.5 cm³/mol. The highest BCUT2D eigenvalue weighted by molar-refractivity contribution is 5.95. The van der Waals surface area contributed by atoms with E-state index in [2.05, 4.69) is 32.1 Å². The molecule has 24 heavy (non-hydrogen) atoms. The largest absolute Gasteiger partial charge is 0.379 e. The van der Waals surface area contributed by atoms with Gasteiger partial charge in [0.05, 0.1) is 18.8 Å². The molecule has 0 bridgehead atoms. The zero-order valence-electron chi connectivity index (χ0n) is 13.7. The van der Waals surface area contributed by atoms with Crippen molar-refractivity contribution in [1.82, 2.24) is 25.2 Å². The van der Waals surface area contributed by atoms with Crippen molar-refractivity contribution in [2.24, 2.45) is 0 Å². The SMILES string of the molecule is C[C@@H](CNC(=O)c1cncc(-c2cncnc2)c1)N1CCOCC1. The van der Waals surface area contributed by atoms with Gasteiger partial charge in [-0.1, -0.05) is 0 Å². The molecule has 126 valence electrons. The summed E-state index contributed by atoms with van der Waals surface area (Å²) in [6, 6.07) is 2.08. The summed E-state index contributed by atoms with van der Waals surface area (Å²) in [5, 5.41) is 2.98. The maximum Gasteiger partial charge on any atom is 0.252 e. The van der Waals surface area contributed by atoms with Crippen molar-refractivity contribution in [1.29, 1.82) is 0 Å². The number of rotatable bonds is 5. The van der Waals surface area contributed by atoms with E-state index in [4.69, 9.17) is 4.74 Å². The number of hydrogen-bond donors (Lipinski definition) is 1. The molecule has 0 aliphatic carbocycles. The molecule has 0 radical (unpaired) electrons. The molecule has 0 aromatic carbocycles. The van der Waals surface area contributed by atoms with Gasteiger partial charge in [-0.05, 0) is 13.0 Å². The summed E-state index contributed by atoms with van der Waals surface area (Å²) >= 11 is 0. The summed E-state index contributed by atoms with van der Waals surface area (Å²) in [7, 11) is 0. The molecule has 0 unspecified atom stereocenters. The average Bonchev–Trinajstić information content (AvgIpc) is 2.67. The van der Waals surface area contributed by atoms with E-state index < -0.39 is 0 Å². The Labute approximate surface area is 141 Å². The van der Waals surface area contributed by atoms with Crippen molar-refractivity contribution >= 4 is 5.91 Å². The summed E-state index contributed by atoms with van der Waals surface area (Å²) in [5.74, 6) is -0.124. The van der Waals surface area contributed by atoms with E-state index in [9.17, 15) is 4.79 Å². The first-order chi connectivity index (χ1) is 11.7. The zero-order valence-corrected chi connectivity index (χ0v) is 13.7. The average molecular weight is 327 g/mol. The summed E-state index contributed by atoms with van der Waals surface area (Å²) in [6.45, 7) is 6.02. The molecule has 1 atom stereocenters. The fourth-order valence-corrected chi connectivity index (χ4v) is 2.66. The second kappa shape index (κ2) is 7.94. The summed E-state index contributed by atoms with van der Waals surface area (Å²) < 4.78 is 5.35. The molecule has 2 aromatic rings. The Bertz CT molecular complexity index is 674. The fourth-order valence-electron chi connectivity index (χ4n) is 2.66. The van der Waals surface area contributed by atoms with Crippen molar-refractivity contribution in [3.05, 3.63) is 42.7 Å². The molecule has 0 spiro atoms. The molecule has 7 heteroatoms. The van der Waals surface area contributed by atoms with Crippen molar-refractivity contribution in [2.45, 2.75) is 13.0 Å². The quantitative estimate of drug-likeness (QED) is 0.882. The van der Waals surface area contributed by atoms with Crippen LogP contribution in [0.15, 0.2) is 37.2 Å². The third-order valence-corrected chi connectivity index (χ3v) is 4.12. The second-order valence-corrected chi connectivity index (χ2v) is 5.80. The van der Waals surface area contributed by atoms with Gasteiger partial charge in [-0.3, -0.25) is 14.7 Å². The van der Waals surface area contributed by atoms with Crippen LogP contribution in [0.2, 0.25) is 0 Å². The van der Waals surface area contributed by atoms with Gasteiger partial charge < -0.3 is 10.1 Å². The molecule has 1 aliphatic heterocycles. The molecule has 1 amide bonds. The molecule has 1 fully saturated rings. The molecular formula is C17H21N5O2. The Morgan fingerprint density at radius 3 is 2.62 bits per heavy atom. The minimum absolute atomic E-state index is 0.124. The monoisotopic (exact) mass is 327 g/mol. The number of nitrogens with zero attached hydrogens (tertiary/aromatic N) is 4. The van der Waals surface area contributed by atoms with Crippen LogP contribution in [0, 0.1) is 0 Å². The number of carbonyl (C=O) groups excluding carboxylic acids is 1. The van der Waals surface area contributed by atoms with Crippen LogP contribution < -0.4 is 5.32 Å². The highest BCUT2D eigenvalue weighted by Crippen LogP contribution is 2.17. The van der Waals surface area contributed by atoms with Gasteiger partial charge >= 0.3 is 0 Å².